The Kier molecular flexibility index (Phi) is 6.91. The van der Waals surface area contributed by atoms with E-state index >= 15 is 0 Å². The number of carbonyl (C=O) groups is 1. The van der Waals surface area contributed by atoms with Gasteiger partial charge in [-0.25, -0.2) is 14.8 Å². The predicted molar refractivity (Wildman–Crippen MR) is 91.7 cm³/mol. The summed E-state index contributed by atoms with van der Waals surface area (Å²) in [4.78, 5) is 21.3. The maximum atomic E-state index is 12.4. The number of nitrogens with zero attached hydrogens (tertiary/aromatic N) is 4. The van der Waals surface area contributed by atoms with Crippen LogP contribution in [0.4, 0.5) is 0 Å². The van der Waals surface area contributed by atoms with Crippen molar-refractivity contribution >= 4 is 29.3 Å². The molecule has 0 aromatic carbocycles. The van der Waals surface area contributed by atoms with E-state index in [1.807, 2.05) is 6.26 Å². The van der Waals surface area contributed by atoms with Gasteiger partial charge in [-0.1, -0.05) is 42.9 Å². The number of hydrogen-bond acceptors (Lipinski definition) is 8. The summed E-state index contributed by atoms with van der Waals surface area (Å²) in [6, 6.07) is 0. The largest absolute Gasteiger partial charge is 0.458 e. The number of carbonyl (C=O) groups excluding carboxylic acids is 1. The molecule has 0 radical (unpaired) electrons. The number of ether oxygens (including phenoxy) is 1. The fourth-order valence-corrected chi connectivity index (χ4v) is 3.06. The molecule has 0 fully saturated rings. The summed E-state index contributed by atoms with van der Waals surface area (Å²) in [5.74, 6) is -0.365. The first-order valence-electron chi connectivity index (χ1n) is 7.59. The van der Waals surface area contributed by atoms with Crippen LogP contribution in [0.5, 0.6) is 0 Å². The molecule has 0 N–H and O–H groups in total. The molecule has 0 saturated carbocycles. The van der Waals surface area contributed by atoms with Gasteiger partial charge in [0.25, 0.3) is 0 Å². The van der Waals surface area contributed by atoms with Crippen molar-refractivity contribution in [2.75, 3.05) is 6.26 Å². The lowest BCUT2D eigenvalue weighted by Crippen LogP contribution is -2.18. The maximum Gasteiger partial charge on any atom is 0.352 e. The Morgan fingerprint density at radius 3 is 2.48 bits per heavy atom. The van der Waals surface area contributed by atoms with Crippen LogP contribution in [0.2, 0.25) is 0 Å². The van der Waals surface area contributed by atoms with Crippen molar-refractivity contribution in [3.63, 3.8) is 0 Å². The smallest absolute Gasteiger partial charge is 0.352 e. The molecule has 8 heteroatoms. The van der Waals surface area contributed by atoms with E-state index in [1.165, 1.54) is 11.8 Å². The zero-order valence-corrected chi connectivity index (χ0v) is 15.1. The molecule has 2 rings (SSSR count). The molecule has 0 aliphatic rings. The lowest BCUT2D eigenvalue weighted by Gasteiger charge is -2.15. The van der Waals surface area contributed by atoms with Gasteiger partial charge in [-0.2, -0.15) is 0 Å². The molecule has 0 spiro atoms. The molecule has 2 aromatic rings. The van der Waals surface area contributed by atoms with Crippen molar-refractivity contribution in [3.8, 4) is 11.3 Å². The van der Waals surface area contributed by atoms with E-state index in [4.69, 9.17) is 4.74 Å². The molecular weight excluding hydrogens is 332 g/mol. The first kappa shape index (κ1) is 17.8. The third-order valence-corrected chi connectivity index (χ3v) is 4.53. The van der Waals surface area contributed by atoms with E-state index in [9.17, 15) is 4.79 Å². The van der Waals surface area contributed by atoms with Crippen LogP contribution in [0.15, 0.2) is 17.6 Å². The summed E-state index contributed by atoms with van der Waals surface area (Å²) in [6.07, 6.45) is 8.86. The van der Waals surface area contributed by atoms with Crippen LogP contribution in [0, 0.1) is 0 Å². The minimum Gasteiger partial charge on any atom is -0.458 e. The summed E-state index contributed by atoms with van der Waals surface area (Å²) in [7, 11) is 0. The zero-order chi connectivity index (χ0) is 16.7. The lowest BCUT2D eigenvalue weighted by atomic mass is 10.1. The van der Waals surface area contributed by atoms with Gasteiger partial charge in [0.2, 0.25) is 0 Å². The van der Waals surface area contributed by atoms with Gasteiger partial charge >= 0.3 is 5.97 Å². The standard InChI is InChI=1S/C15H20N4O2S2/c1-4-6-11(7-5-2)21-14(20)13-12(18-19-23-13)10-8-16-15(22-3)17-9-10/h8-9,11H,4-7H2,1-3H3. The van der Waals surface area contributed by atoms with Gasteiger partial charge in [0, 0.05) is 18.0 Å². The van der Waals surface area contributed by atoms with Crippen molar-refractivity contribution in [1.82, 2.24) is 19.6 Å². The van der Waals surface area contributed by atoms with E-state index in [0.29, 0.717) is 21.3 Å². The highest BCUT2D eigenvalue weighted by Gasteiger charge is 2.22. The highest BCUT2D eigenvalue weighted by atomic mass is 32.2. The van der Waals surface area contributed by atoms with E-state index in [1.54, 1.807) is 12.4 Å². The van der Waals surface area contributed by atoms with Crippen LogP contribution in [-0.4, -0.2) is 37.9 Å². The van der Waals surface area contributed by atoms with Crippen LogP contribution in [0.3, 0.4) is 0 Å². The van der Waals surface area contributed by atoms with Gasteiger partial charge in [-0.3, -0.25) is 0 Å². The molecule has 0 saturated heterocycles. The number of rotatable bonds is 8. The SMILES string of the molecule is CCCC(CCC)OC(=O)c1snnc1-c1cnc(SC)nc1. The van der Waals surface area contributed by atoms with E-state index < -0.39 is 0 Å². The highest BCUT2D eigenvalue weighted by molar-refractivity contribution is 7.98. The predicted octanol–water partition coefficient (Wildman–Crippen LogP) is 3.84. The topological polar surface area (TPSA) is 77.9 Å². The zero-order valence-electron chi connectivity index (χ0n) is 13.5. The average molecular weight is 352 g/mol. The molecule has 0 aliphatic heterocycles. The molecule has 2 aromatic heterocycles. The quantitative estimate of drug-likeness (QED) is 0.406. The van der Waals surface area contributed by atoms with Gasteiger partial charge in [0.15, 0.2) is 10.0 Å². The van der Waals surface area contributed by atoms with E-state index in [0.717, 1.165) is 37.2 Å². The average Bonchev–Trinajstić information content (AvgIpc) is 3.05. The summed E-state index contributed by atoms with van der Waals surface area (Å²) < 4.78 is 9.52. The second-order valence-corrected chi connectivity index (χ2v) is 6.54. The van der Waals surface area contributed by atoms with E-state index in [2.05, 4.69) is 33.4 Å². The van der Waals surface area contributed by atoms with Gasteiger partial charge in [-0.05, 0) is 30.6 Å². The number of thioether (sulfide) groups is 1. The van der Waals surface area contributed by atoms with Crippen LogP contribution in [0.25, 0.3) is 11.3 Å². The Hall–Kier alpha value is -1.54. The maximum absolute atomic E-state index is 12.4. The second kappa shape index (κ2) is 8.93. The monoisotopic (exact) mass is 352 g/mol. The summed E-state index contributed by atoms with van der Waals surface area (Å²) in [6.45, 7) is 4.17. The Morgan fingerprint density at radius 1 is 1.26 bits per heavy atom. The third kappa shape index (κ3) is 4.71. The van der Waals surface area contributed by atoms with Gasteiger partial charge in [-0.15, -0.1) is 5.10 Å². The van der Waals surface area contributed by atoms with E-state index in [-0.39, 0.29) is 12.1 Å². The number of hydrogen-bond donors (Lipinski definition) is 0. The molecule has 0 aliphatic carbocycles. The van der Waals surface area contributed by atoms with Crippen molar-refractivity contribution in [3.05, 3.63) is 17.3 Å². The molecule has 0 unspecified atom stereocenters. The van der Waals surface area contributed by atoms with Crippen molar-refractivity contribution < 1.29 is 9.53 Å². The van der Waals surface area contributed by atoms with Crippen LogP contribution in [0.1, 0.15) is 49.2 Å². The van der Waals surface area contributed by atoms with Gasteiger partial charge < -0.3 is 4.74 Å². The first-order valence-corrected chi connectivity index (χ1v) is 9.59. The molecule has 0 atom stereocenters. The Labute approximate surface area is 144 Å². The highest BCUT2D eigenvalue weighted by Crippen LogP contribution is 2.25. The minimum absolute atomic E-state index is 0.0532. The molecule has 124 valence electrons. The van der Waals surface area contributed by atoms with Crippen molar-refractivity contribution in [2.45, 2.75) is 50.8 Å². The normalized spacial score (nSPS) is 11.0. The first-order chi connectivity index (χ1) is 11.2. The summed E-state index contributed by atoms with van der Waals surface area (Å²) >= 11 is 2.50. The minimum atomic E-state index is -0.365. The Bertz CT molecular complexity index is 625. The Balaban J connectivity index is 2.17. The molecule has 0 amide bonds. The molecular formula is C15H20N4O2S2. The van der Waals surface area contributed by atoms with Crippen LogP contribution >= 0.6 is 23.3 Å². The van der Waals surface area contributed by atoms with Gasteiger partial charge in [0.05, 0.1) is 0 Å². The summed E-state index contributed by atoms with van der Waals surface area (Å²) in [5, 5.41) is 4.72. The molecule has 0 bridgehead atoms. The third-order valence-electron chi connectivity index (χ3n) is 3.25. The number of aromatic nitrogens is 4. The fraction of sp³-hybridized carbons (Fsp3) is 0.533. The van der Waals surface area contributed by atoms with Crippen molar-refractivity contribution in [1.29, 1.82) is 0 Å². The molecule has 23 heavy (non-hydrogen) atoms. The molecule has 6 nitrogen and oxygen atoms in total. The fourth-order valence-electron chi connectivity index (χ4n) is 2.17. The van der Waals surface area contributed by atoms with Gasteiger partial charge in [0.1, 0.15) is 11.8 Å². The summed E-state index contributed by atoms with van der Waals surface area (Å²) in [5.41, 5.74) is 1.16. The van der Waals surface area contributed by atoms with Crippen molar-refractivity contribution in [2.24, 2.45) is 0 Å². The van der Waals surface area contributed by atoms with Crippen LogP contribution < -0.4 is 0 Å². The number of esters is 1. The second-order valence-electron chi connectivity index (χ2n) is 5.01. The van der Waals surface area contributed by atoms with Crippen LogP contribution in [-0.2, 0) is 4.74 Å². The molecule has 2 heterocycles. The lowest BCUT2D eigenvalue weighted by molar-refractivity contribution is 0.0265. The Morgan fingerprint density at radius 2 is 1.91 bits per heavy atom.